The van der Waals surface area contributed by atoms with Crippen LogP contribution in [0.4, 0.5) is 23.4 Å². The van der Waals surface area contributed by atoms with E-state index in [9.17, 15) is 27.5 Å². The number of alkyl halides is 3. The Morgan fingerprint density at radius 1 is 1.11 bits per heavy atom. The second kappa shape index (κ2) is 12.0. The highest BCUT2D eigenvalue weighted by atomic mass is 19.4. The summed E-state index contributed by atoms with van der Waals surface area (Å²) in [5.41, 5.74) is 6.69. The number of nitrogens with zero attached hydrogens (tertiary/aromatic N) is 1. The lowest BCUT2D eigenvalue weighted by Crippen LogP contribution is -2.32. The first-order chi connectivity index (χ1) is 17.0. The Balaban J connectivity index is 1.50. The molecule has 0 fully saturated rings. The molecule has 0 spiro atoms. The molecule has 1 amide bonds. The Labute approximate surface area is 206 Å². The van der Waals surface area contributed by atoms with Crippen LogP contribution in [0.3, 0.4) is 0 Å². The smallest absolute Gasteiger partial charge is 0.387 e. The van der Waals surface area contributed by atoms with E-state index in [1.54, 1.807) is 18.2 Å². The number of carbonyl (C=O) groups excluding carboxylic acids is 1. The number of nitrogens with one attached hydrogen (secondary N) is 2. The molecule has 192 valence electrons. The van der Waals surface area contributed by atoms with Gasteiger partial charge in [0.1, 0.15) is 11.6 Å². The molecule has 3 rings (SSSR count). The Kier molecular flexibility index (Phi) is 9.00. The molecule has 0 aliphatic rings. The van der Waals surface area contributed by atoms with Gasteiger partial charge in [-0.1, -0.05) is 30.3 Å². The van der Waals surface area contributed by atoms with Crippen molar-refractivity contribution in [2.45, 2.75) is 44.6 Å². The molecule has 0 saturated heterocycles. The van der Waals surface area contributed by atoms with E-state index in [4.69, 9.17) is 5.73 Å². The minimum Gasteiger partial charge on any atom is -0.387 e. The molecule has 5 N–H and O–H groups in total. The molecular weight excluding hydrogens is 476 g/mol. The monoisotopic (exact) mass is 504 g/mol. The third-order valence-electron chi connectivity index (χ3n) is 5.60. The zero-order valence-corrected chi connectivity index (χ0v) is 19.6. The third kappa shape index (κ3) is 8.03. The molecule has 2 aromatic carbocycles. The highest BCUT2D eigenvalue weighted by Crippen LogP contribution is 2.30. The first-order valence-corrected chi connectivity index (χ1v) is 11.3. The van der Waals surface area contributed by atoms with Crippen LogP contribution in [0.2, 0.25) is 0 Å². The standard InChI is InChI=1S/C26H28F4N4O2/c1-16(32-15-23(35)19-5-8-24(31)33-13-19)9-17-3-2-4-18(10-17)11-25(36)34-14-20-12-21(26(28,29)30)6-7-22(20)27/h2-8,10,12-13,16,23,32,35H,9,11,14-15H2,1H3,(H2,31,33)(H,34,36)/t16?,23-/m1/s1. The van der Waals surface area contributed by atoms with Crippen molar-refractivity contribution in [1.29, 1.82) is 0 Å². The van der Waals surface area contributed by atoms with Crippen molar-refractivity contribution in [2.24, 2.45) is 0 Å². The average Bonchev–Trinajstić information content (AvgIpc) is 2.82. The van der Waals surface area contributed by atoms with Crippen molar-refractivity contribution in [3.05, 3.63) is 94.4 Å². The van der Waals surface area contributed by atoms with Crippen LogP contribution in [0, 0.1) is 5.82 Å². The SMILES string of the molecule is CC(Cc1cccc(CC(=O)NCc2cc(C(F)(F)F)ccc2F)c1)NC[C@@H](O)c1ccc(N)nc1. The number of amides is 1. The van der Waals surface area contributed by atoms with Gasteiger partial charge in [0.05, 0.1) is 18.1 Å². The van der Waals surface area contributed by atoms with Crippen LogP contribution >= 0.6 is 0 Å². The number of halogens is 4. The number of nitrogen functional groups attached to an aromatic ring is 1. The van der Waals surface area contributed by atoms with Crippen LogP contribution in [0.15, 0.2) is 60.8 Å². The maximum absolute atomic E-state index is 13.9. The van der Waals surface area contributed by atoms with Gasteiger partial charge in [0.25, 0.3) is 0 Å². The van der Waals surface area contributed by atoms with E-state index in [1.165, 1.54) is 6.20 Å². The van der Waals surface area contributed by atoms with Gasteiger partial charge in [-0.2, -0.15) is 13.2 Å². The number of pyridine rings is 1. The zero-order chi connectivity index (χ0) is 26.3. The number of aliphatic hydroxyl groups excluding tert-OH is 1. The molecule has 3 aromatic rings. The molecule has 0 saturated carbocycles. The molecule has 1 heterocycles. The van der Waals surface area contributed by atoms with Crippen LogP contribution < -0.4 is 16.4 Å². The van der Waals surface area contributed by atoms with Gasteiger partial charge in [0, 0.05) is 36.5 Å². The lowest BCUT2D eigenvalue weighted by molar-refractivity contribution is -0.137. The van der Waals surface area contributed by atoms with Crippen molar-refractivity contribution >= 4 is 11.7 Å². The van der Waals surface area contributed by atoms with Gasteiger partial charge < -0.3 is 21.5 Å². The minimum atomic E-state index is -4.59. The van der Waals surface area contributed by atoms with Crippen molar-refractivity contribution in [1.82, 2.24) is 15.6 Å². The van der Waals surface area contributed by atoms with Crippen LogP contribution in [0.1, 0.15) is 40.8 Å². The molecule has 2 atom stereocenters. The molecule has 1 aromatic heterocycles. The molecular formula is C26H28F4N4O2. The number of aliphatic hydroxyl groups is 1. The van der Waals surface area contributed by atoms with Crippen LogP contribution in [-0.4, -0.2) is 28.6 Å². The highest BCUT2D eigenvalue weighted by Gasteiger charge is 2.31. The van der Waals surface area contributed by atoms with Gasteiger partial charge in [-0.05, 0) is 48.7 Å². The maximum atomic E-state index is 13.9. The molecule has 36 heavy (non-hydrogen) atoms. The topological polar surface area (TPSA) is 100 Å². The molecule has 10 heteroatoms. The summed E-state index contributed by atoms with van der Waals surface area (Å²) in [5, 5.41) is 16.0. The largest absolute Gasteiger partial charge is 0.416 e. The fraction of sp³-hybridized carbons (Fsp3) is 0.308. The fourth-order valence-corrected chi connectivity index (χ4v) is 3.67. The van der Waals surface area contributed by atoms with Crippen LogP contribution in [0.25, 0.3) is 0 Å². The Bertz CT molecular complexity index is 1170. The summed E-state index contributed by atoms with van der Waals surface area (Å²) < 4.78 is 52.5. The quantitative estimate of drug-likeness (QED) is 0.314. The summed E-state index contributed by atoms with van der Waals surface area (Å²) in [6.07, 6.45) is -3.17. The normalized spacial score (nSPS) is 13.3. The summed E-state index contributed by atoms with van der Waals surface area (Å²) in [5.74, 6) is -0.872. The first-order valence-electron chi connectivity index (χ1n) is 11.3. The van der Waals surface area contributed by atoms with Crippen LogP contribution in [0.5, 0.6) is 0 Å². The molecule has 0 radical (unpaired) electrons. The van der Waals surface area contributed by atoms with Gasteiger partial charge >= 0.3 is 6.18 Å². The Morgan fingerprint density at radius 2 is 1.86 bits per heavy atom. The lowest BCUT2D eigenvalue weighted by atomic mass is 10.0. The second-order valence-electron chi connectivity index (χ2n) is 8.62. The van der Waals surface area contributed by atoms with Crippen molar-refractivity contribution < 1.29 is 27.5 Å². The number of aromatic nitrogens is 1. The number of anilines is 1. The molecule has 0 bridgehead atoms. The predicted octanol–water partition coefficient (Wildman–Crippen LogP) is 3.93. The number of benzene rings is 2. The average molecular weight is 505 g/mol. The Hall–Kier alpha value is -3.50. The summed E-state index contributed by atoms with van der Waals surface area (Å²) in [6, 6.07) is 12.8. The number of hydrogen-bond donors (Lipinski definition) is 4. The summed E-state index contributed by atoms with van der Waals surface area (Å²) >= 11 is 0. The van der Waals surface area contributed by atoms with Crippen molar-refractivity contribution in [3.63, 3.8) is 0 Å². The second-order valence-corrected chi connectivity index (χ2v) is 8.62. The van der Waals surface area contributed by atoms with E-state index in [2.05, 4.69) is 15.6 Å². The minimum absolute atomic E-state index is 0.000910. The molecule has 1 unspecified atom stereocenters. The molecule has 0 aliphatic carbocycles. The van der Waals surface area contributed by atoms with Crippen molar-refractivity contribution in [3.8, 4) is 0 Å². The number of carbonyl (C=O) groups is 1. The first kappa shape index (κ1) is 27.1. The Morgan fingerprint density at radius 3 is 2.56 bits per heavy atom. The number of rotatable bonds is 10. The van der Waals surface area contributed by atoms with E-state index >= 15 is 0 Å². The van der Waals surface area contributed by atoms with E-state index in [-0.39, 0.29) is 24.6 Å². The van der Waals surface area contributed by atoms with E-state index in [0.29, 0.717) is 36.5 Å². The maximum Gasteiger partial charge on any atom is 0.416 e. The van der Waals surface area contributed by atoms with Gasteiger partial charge in [0.15, 0.2) is 0 Å². The van der Waals surface area contributed by atoms with Gasteiger partial charge in [-0.25, -0.2) is 9.37 Å². The molecule has 6 nitrogen and oxygen atoms in total. The lowest BCUT2D eigenvalue weighted by Gasteiger charge is -2.18. The third-order valence-corrected chi connectivity index (χ3v) is 5.60. The fourth-order valence-electron chi connectivity index (χ4n) is 3.67. The number of nitrogens with two attached hydrogens (primary N) is 1. The summed E-state index contributed by atoms with van der Waals surface area (Å²) in [4.78, 5) is 16.3. The van der Waals surface area contributed by atoms with Gasteiger partial charge in [-0.3, -0.25) is 4.79 Å². The van der Waals surface area contributed by atoms with Gasteiger partial charge in [0.2, 0.25) is 5.91 Å². The summed E-state index contributed by atoms with van der Waals surface area (Å²) in [6.45, 7) is 1.94. The zero-order valence-electron chi connectivity index (χ0n) is 19.6. The van der Waals surface area contributed by atoms with Crippen LogP contribution in [-0.2, 0) is 30.4 Å². The van der Waals surface area contributed by atoms with E-state index in [1.807, 2.05) is 25.1 Å². The summed E-state index contributed by atoms with van der Waals surface area (Å²) in [7, 11) is 0. The number of hydrogen-bond acceptors (Lipinski definition) is 5. The highest BCUT2D eigenvalue weighted by molar-refractivity contribution is 5.78. The van der Waals surface area contributed by atoms with E-state index in [0.717, 1.165) is 17.2 Å². The van der Waals surface area contributed by atoms with Crippen molar-refractivity contribution in [2.75, 3.05) is 12.3 Å². The predicted molar refractivity (Wildman–Crippen MR) is 128 cm³/mol. The molecule has 0 aliphatic heterocycles. The van der Waals surface area contributed by atoms with Gasteiger partial charge in [-0.15, -0.1) is 0 Å². The van der Waals surface area contributed by atoms with E-state index < -0.39 is 29.6 Å².